The number of carbonyl (C=O) groups excluding carboxylic acids is 1. The van der Waals surface area contributed by atoms with E-state index in [4.69, 9.17) is 27.9 Å². The predicted octanol–water partition coefficient (Wildman–Crippen LogP) is 4.89. The SMILES string of the molecule is COc1ccc(-c2cnc(SCC(=O)NC(Cc3ccc(Cl)c(Cl)c3)C3CCNC3)nc2)cc1. The molecule has 1 aliphatic rings. The van der Waals surface area contributed by atoms with E-state index in [1.165, 1.54) is 11.8 Å². The number of benzene rings is 2. The van der Waals surface area contributed by atoms with Gasteiger partial charge in [-0.15, -0.1) is 0 Å². The van der Waals surface area contributed by atoms with Gasteiger partial charge in [0, 0.05) is 24.0 Å². The number of carbonyl (C=O) groups is 1. The van der Waals surface area contributed by atoms with Crippen LogP contribution in [0.1, 0.15) is 12.0 Å². The number of nitrogens with zero attached hydrogens (tertiary/aromatic N) is 2. The van der Waals surface area contributed by atoms with E-state index in [0.717, 1.165) is 42.0 Å². The molecule has 0 bridgehead atoms. The van der Waals surface area contributed by atoms with Gasteiger partial charge < -0.3 is 15.4 Å². The lowest BCUT2D eigenvalue weighted by molar-refractivity contribution is -0.119. The smallest absolute Gasteiger partial charge is 0.230 e. The zero-order valence-electron chi connectivity index (χ0n) is 18.8. The lowest BCUT2D eigenvalue weighted by Gasteiger charge is -2.24. The first-order valence-electron chi connectivity index (χ1n) is 11.0. The van der Waals surface area contributed by atoms with E-state index >= 15 is 0 Å². The van der Waals surface area contributed by atoms with Crippen LogP contribution < -0.4 is 15.4 Å². The second kappa shape index (κ2) is 11.9. The first-order valence-corrected chi connectivity index (χ1v) is 12.8. The number of hydrogen-bond donors (Lipinski definition) is 2. The van der Waals surface area contributed by atoms with E-state index in [0.29, 0.717) is 27.5 Å². The van der Waals surface area contributed by atoms with Crippen LogP contribution in [0.2, 0.25) is 10.0 Å². The number of halogens is 2. The van der Waals surface area contributed by atoms with Gasteiger partial charge in [-0.25, -0.2) is 9.97 Å². The van der Waals surface area contributed by atoms with Gasteiger partial charge >= 0.3 is 0 Å². The van der Waals surface area contributed by atoms with Gasteiger partial charge in [0.25, 0.3) is 0 Å². The monoisotopic (exact) mass is 516 g/mol. The summed E-state index contributed by atoms with van der Waals surface area (Å²) < 4.78 is 5.19. The average molecular weight is 517 g/mol. The van der Waals surface area contributed by atoms with Crippen LogP contribution in [-0.4, -0.2) is 47.9 Å². The van der Waals surface area contributed by atoms with Crippen molar-refractivity contribution in [3.05, 3.63) is 70.5 Å². The second-order valence-corrected chi connectivity index (χ2v) is 9.91. The molecule has 2 unspecified atom stereocenters. The van der Waals surface area contributed by atoms with Crippen molar-refractivity contribution in [3.8, 4) is 16.9 Å². The van der Waals surface area contributed by atoms with Crippen LogP contribution in [-0.2, 0) is 11.2 Å². The summed E-state index contributed by atoms with van der Waals surface area (Å²) in [5.74, 6) is 1.38. The summed E-state index contributed by atoms with van der Waals surface area (Å²) >= 11 is 13.6. The summed E-state index contributed by atoms with van der Waals surface area (Å²) in [4.78, 5) is 21.6. The van der Waals surface area contributed by atoms with E-state index in [1.54, 1.807) is 25.6 Å². The molecule has 1 aromatic heterocycles. The van der Waals surface area contributed by atoms with Crippen molar-refractivity contribution in [2.24, 2.45) is 5.92 Å². The number of nitrogens with one attached hydrogen (secondary N) is 2. The Bertz CT molecular complexity index is 1110. The van der Waals surface area contributed by atoms with Gasteiger partial charge in [-0.1, -0.05) is 53.2 Å². The fourth-order valence-electron chi connectivity index (χ4n) is 3.98. The molecule has 0 radical (unpaired) electrons. The van der Waals surface area contributed by atoms with Crippen molar-refractivity contribution in [1.82, 2.24) is 20.6 Å². The minimum atomic E-state index is -0.0372. The highest BCUT2D eigenvalue weighted by Gasteiger charge is 2.26. The van der Waals surface area contributed by atoms with Crippen LogP contribution in [0.15, 0.2) is 60.0 Å². The van der Waals surface area contributed by atoms with Crippen LogP contribution in [0.25, 0.3) is 11.1 Å². The predicted molar refractivity (Wildman–Crippen MR) is 138 cm³/mol. The summed E-state index contributed by atoms with van der Waals surface area (Å²) in [6.45, 7) is 1.84. The number of methoxy groups -OCH3 is 1. The first kappa shape index (κ1) is 24.8. The van der Waals surface area contributed by atoms with Crippen molar-refractivity contribution in [3.63, 3.8) is 0 Å². The molecule has 4 rings (SSSR count). The Hall–Kier alpha value is -2.32. The van der Waals surface area contributed by atoms with E-state index in [-0.39, 0.29) is 17.7 Å². The normalized spacial score (nSPS) is 16.3. The summed E-state index contributed by atoms with van der Waals surface area (Å²) in [7, 11) is 1.64. The third kappa shape index (κ3) is 6.63. The maximum Gasteiger partial charge on any atom is 0.230 e. The molecule has 3 aromatic rings. The highest BCUT2D eigenvalue weighted by atomic mass is 35.5. The molecular weight excluding hydrogens is 491 g/mol. The maximum atomic E-state index is 12.8. The van der Waals surface area contributed by atoms with Gasteiger partial charge in [0.2, 0.25) is 5.91 Å². The molecule has 0 spiro atoms. The summed E-state index contributed by atoms with van der Waals surface area (Å²) in [6.07, 6.45) is 5.26. The Morgan fingerprint density at radius 3 is 2.56 bits per heavy atom. The Labute approximate surface area is 213 Å². The van der Waals surface area contributed by atoms with E-state index < -0.39 is 0 Å². The highest BCUT2D eigenvalue weighted by molar-refractivity contribution is 7.99. The minimum Gasteiger partial charge on any atom is -0.497 e. The molecule has 1 saturated heterocycles. The fourth-order valence-corrected chi connectivity index (χ4v) is 4.90. The Balaban J connectivity index is 1.34. The molecule has 0 aliphatic carbocycles. The third-order valence-electron chi connectivity index (χ3n) is 5.84. The van der Waals surface area contributed by atoms with Crippen LogP contribution in [0.4, 0.5) is 0 Å². The molecule has 34 heavy (non-hydrogen) atoms. The van der Waals surface area contributed by atoms with Gasteiger partial charge in [0.1, 0.15) is 5.75 Å². The Kier molecular flexibility index (Phi) is 8.67. The standard InChI is InChI=1S/C25H26Cl2N4O2S/c1-33-20-5-3-17(4-6-20)19-13-29-25(30-14-19)34-15-24(32)31-23(18-8-9-28-12-18)11-16-2-7-21(26)22(27)10-16/h2-7,10,13-14,18,23,28H,8-9,11-12,15H2,1H3,(H,31,32). The molecular formula is C25H26Cl2N4O2S. The molecule has 2 N–H and O–H groups in total. The summed E-state index contributed by atoms with van der Waals surface area (Å²) in [5, 5.41) is 8.22. The minimum absolute atomic E-state index is 0.0127. The molecule has 0 saturated carbocycles. The maximum absolute atomic E-state index is 12.8. The summed E-state index contributed by atoms with van der Waals surface area (Å²) in [6, 6.07) is 13.4. The van der Waals surface area contributed by atoms with Crippen molar-refractivity contribution >= 4 is 40.9 Å². The van der Waals surface area contributed by atoms with Crippen molar-refractivity contribution in [2.45, 2.75) is 24.0 Å². The Morgan fingerprint density at radius 2 is 1.91 bits per heavy atom. The molecule has 6 nitrogen and oxygen atoms in total. The van der Waals surface area contributed by atoms with Gasteiger partial charge in [0.15, 0.2) is 5.16 Å². The van der Waals surface area contributed by atoms with Crippen LogP contribution in [0.5, 0.6) is 5.75 Å². The largest absolute Gasteiger partial charge is 0.497 e. The average Bonchev–Trinajstić information content (AvgIpc) is 3.40. The number of thioether (sulfide) groups is 1. The number of amides is 1. The van der Waals surface area contributed by atoms with Crippen molar-refractivity contribution < 1.29 is 9.53 Å². The highest BCUT2D eigenvalue weighted by Crippen LogP contribution is 2.26. The van der Waals surface area contributed by atoms with Gasteiger partial charge in [0.05, 0.1) is 22.9 Å². The quantitative estimate of drug-likeness (QED) is 0.311. The number of hydrogen-bond acceptors (Lipinski definition) is 6. The third-order valence-corrected chi connectivity index (χ3v) is 7.45. The van der Waals surface area contributed by atoms with Gasteiger partial charge in [-0.05, 0) is 67.2 Å². The molecule has 9 heteroatoms. The number of aromatic nitrogens is 2. The topological polar surface area (TPSA) is 76.1 Å². The first-order chi connectivity index (χ1) is 16.5. The lowest BCUT2D eigenvalue weighted by Crippen LogP contribution is -2.43. The second-order valence-electron chi connectivity index (χ2n) is 8.15. The molecule has 1 aliphatic heterocycles. The molecule has 178 valence electrons. The fraction of sp³-hybridized carbons (Fsp3) is 0.320. The zero-order valence-corrected chi connectivity index (χ0v) is 21.1. The van der Waals surface area contributed by atoms with Gasteiger partial charge in [-0.3, -0.25) is 4.79 Å². The molecule has 1 amide bonds. The number of rotatable bonds is 9. The van der Waals surface area contributed by atoms with Crippen LogP contribution >= 0.6 is 35.0 Å². The Morgan fingerprint density at radius 1 is 1.15 bits per heavy atom. The summed E-state index contributed by atoms with van der Waals surface area (Å²) in [5.41, 5.74) is 2.97. The molecule has 2 heterocycles. The van der Waals surface area contributed by atoms with E-state index in [1.807, 2.05) is 36.4 Å². The van der Waals surface area contributed by atoms with Crippen molar-refractivity contribution in [1.29, 1.82) is 0 Å². The van der Waals surface area contributed by atoms with Crippen molar-refractivity contribution in [2.75, 3.05) is 26.0 Å². The van der Waals surface area contributed by atoms with Crippen LogP contribution in [0, 0.1) is 5.92 Å². The zero-order chi connectivity index (χ0) is 23.9. The molecule has 2 atom stereocenters. The van der Waals surface area contributed by atoms with E-state index in [9.17, 15) is 4.79 Å². The molecule has 2 aromatic carbocycles. The van der Waals surface area contributed by atoms with Crippen LogP contribution in [0.3, 0.4) is 0 Å². The lowest BCUT2D eigenvalue weighted by atomic mass is 9.92. The van der Waals surface area contributed by atoms with E-state index in [2.05, 4.69) is 20.6 Å². The van der Waals surface area contributed by atoms with Gasteiger partial charge in [-0.2, -0.15) is 0 Å². The number of ether oxygens (including phenoxy) is 1. The molecule has 1 fully saturated rings.